The Balaban J connectivity index is 1.73. The number of hydrogen-bond donors (Lipinski definition) is 2. The number of nitrogens with zero attached hydrogens (tertiary/aromatic N) is 1. The van der Waals surface area contributed by atoms with Crippen LogP contribution < -0.4 is 10.0 Å². The van der Waals surface area contributed by atoms with E-state index in [1.807, 2.05) is 19.1 Å². The van der Waals surface area contributed by atoms with Crippen LogP contribution in [0.5, 0.6) is 0 Å². The van der Waals surface area contributed by atoms with Gasteiger partial charge in [0.2, 0.25) is 10.0 Å². The van der Waals surface area contributed by atoms with Gasteiger partial charge >= 0.3 is 0 Å². The summed E-state index contributed by atoms with van der Waals surface area (Å²) in [4.78, 5) is 16.4. The van der Waals surface area contributed by atoms with Gasteiger partial charge in [-0.3, -0.25) is 9.78 Å². The van der Waals surface area contributed by atoms with Crippen molar-refractivity contribution in [3.8, 4) is 0 Å². The number of nitrogens with one attached hydrogen (secondary N) is 2. The summed E-state index contributed by atoms with van der Waals surface area (Å²) in [5.41, 5.74) is 2.74. The number of anilines is 1. The van der Waals surface area contributed by atoms with Gasteiger partial charge < -0.3 is 5.32 Å². The van der Waals surface area contributed by atoms with E-state index in [0.717, 1.165) is 11.1 Å². The van der Waals surface area contributed by atoms with E-state index < -0.39 is 10.0 Å². The second-order valence-corrected chi connectivity index (χ2v) is 7.80. The van der Waals surface area contributed by atoms with Crippen molar-refractivity contribution in [3.05, 3.63) is 89.7 Å². The molecule has 3 rings (SSSR count). The summed E-state index contributed by atoms with van der Waals surface area (Å²) in [6, 6.07) is 16.8. The van der Waals surface area contributed by atoms with E-state index in [9.17, 15) is 13.2 Å². The first-order chi connectivity index (χ1) is 12.9. The number of pyridine rings is 1. The van der Waals surface area contributed by atoms with E-state index in [1.165, 1.54) is 12.1 Å². The van der Waals surface area contributed by atoms with Crippen molar-refractivity contribution in [1.82, 2.24) is 9.71 Å². The highest BCUT2D eigenvalue weighted by atomic mass is 32.2. The lowest BCUT2D eigenvalue weighted by atomic mass is 10.2. The Morgan fingerprint density at radius 2 is 1.81 bits per heavy atom. The number of hydrogen-bond acceptors (Lipinski definition) is 4. The number of carbonyl (C=O) groups is 1. The van der Waals surface area contributed by atoms with E-state index in [-0.39, 0.29) is 22.9 Å². The molecule has 1 amide bonds. The summed E-state index contributed by atoms with van der Waals surface area (Å²) in [7, 11) is -3.75. The Bertz CT molecular complexity index is 1030. The lowest BCUT2D eigenvalue weighted by molar-refractivity contribution is 0.102. The Labute approximate surface area is 158 Å². The Kier molecular flexibility index (Phi) is 5.63. The quantitative estimate of drug-likeness (QED) is 0.687. The lowest BCUT2D eigenvalue weighted by Gasteiger charge is -2.09. The predicted molar refractivity (Wildman–Crippen MR) is 104 cm³/mol. The second-order valence-electron chi connectivity index (χ2n) is 6.03. The first kappa shape index (κ1) is 18.8. The van der Waals surface area contributed by atoms with Gasteiger partial charge in [0.25, 0.3) is 5.91 Å². The van der Waals surface area contributed by atoms with Gasteiger partial charge in [-0.05, 0) is 48.9 Å². The molecule has 2 N–H and O–H groups in total. The zero-order valence-corrected chi connectivity index (χ0v) is 15.5. The standard InChI is InChI=1S/C20H19N3O3S/c1-15-7-9-18(10-8-15)23-20(24)17-5-2-6-19(12-17)27(25,26)22-14-16-4-3-11-21-13-16/h2-13,22H,14H2,1H3,(H,23,24). The number of carbonyl (C=O) groups excluding carboxylic acids is 1. The maximum absolute atomic E-state index is 12.5. The van der Waals surface area contributed by atoms with Crippen LogP contribution in [0, 0.1) is 6.92 Å². The zero-order chi connectivity index (χ0) is 19.3. The topological polar surface area (TPSA) is 88.2 Å². The van der Waals surface area contributed by atoms with Crippen LogP contribution in [0.25, 0.3) is 0 Å². The molecule has 0 saturated carbocycles. The van der Waals surface area contributed by atoms with Crippen LogP contribution in [-0.2, 0) is 16.6 Å². The molecule has 0 aliphatic heterocycles. The smallest absolute Gasteiger partial charge is 0.255 e. The van der Waals surface area contributed by atoms with Gasteiger partial charge in [0.05, 0.1) is 4.90 Å². The molecule has 0 spiro atoms. The van der Waals surface area contributed by atoms with Crippen molar-refractivity contribution < 1.29 is 13.2 Å². The van der Waals surface area contributed by atoms with Crippen molar-refractivity contribution in [2.75, 3.05) is 5.32 Å². The van der Waals surface area contributed by atoms with Crippen molar-refractivity contribution in [3.63, 3.8) is 0 Å². The monoisotopic (exact) mass is 381 g/mol. The van der Waals surface area contributed by atoms with Crippen LogP contribution in [0.1, 0.15) is 21.5 Å². The number of benzene rings is 2. The number of aryl methyl sites for hydroxylation is 1. The van der Waals surface area contributed by atoms with Crippen LogP contribution in [-0.4, -0.2) is 19.3 Å². The predicted octanol–water partition coefficient (Wildman–Crippen LogP) is 3.12. The summed E-state index contributed by atoms with van der Waals surface area (Å²) in [5, 5.41) is 2.76. The molecule has 1 aromatic heterocycles. The highest BCUT2D eigenvalue weighted by Crippen LogP contribution is 2.15. The average Bonchev–Trinajstić information content (AvgIpc) is 2.69. The van der Waals surface area contributed by atoms with E-state index >= 15 is 0 Å². The fourth-order valence-corrected chi connectivity index (χ4v) is 3.47. The van der Waals surface area contributed by atoms with Gasteiger partial charge in [-0.2, -0.15) is 0 Å². The second kappa shape index (κ2) is 8.11. The largest absolute Gasteiger partial charge is 0.322 e. The summed E-state index contributed by atoms with van der Waals surface area (Å²) in [6.45, 7) is 2.08. The number of sulfonamides is 1. The van der Waals surface area contributed by atoms with E-state index in [4.69, 9.17) is 0 Å². The van der Waals surface area contributed by atoms with Gasteiger partial charge in [-0.15, -0.1) is 0 Å². The van der Waals surface area contributed by atoms with E-state index in [0.29, 0.717) is 5.69 Å². The molecule has 0 fully saturated rings. The zero-order valence-electron chi connectivity index (χ0n) is 14.7. The van der Waals surface area contributed by atoms with Crippen molar-refractivity contribution in [2.45, 2.75) is 18.4 Å². The minimum atomic E-state index is -3.75. The van der Waals surface area contributed by atoms with Gasteiger partial charge in [-0.25, -0.2) is 13.1 Å². The molecule has 0 saturated heterocycles. The Morgan fingerprint density at radius 1 is 1.04 bits per heavy atom. The van der Waals surface area contributed by atoms with Crippen molar-refractivity contribution in [2.24, 2.45) is 0 Å². The average molecular weight is 381 g/mol. The van der Waals surface area contributed by atoms with Gasteiger partial charge in [0.15, 0.2) is 0 Å². The first-order valence-corrected chi connectivity index (χ1v) is 9.79. The fraction of sp³-hybridized carbons (Fsp3) is 0.100. The molecule has 1 heterocycles. The van der Waals surface area contributed by atoms with Gasteiger partial charge in [0.1, 0.15) is 0 Å². The summed E-state index contributed by atoms with van der Waals surface area (Å²) >= 11 is 0. The molecular weight excluding hydrogens is 362 g/mol. The SMILES string of the molecule is Cc1ccc(NC(=O)c2cccc(S(=O)(=O)NCc3cccnc3)c2)cc1. The molecule has 3 aromatic rings. The third kappa shape index (κ3) is 4.99. The third-order valence-electron chi connectivity index (χ3n) is 3.91. The molecule has 27 heavy (non-hydrogen) atoms. The van der Waals surface area contributed by atoms with Crippen LogP contribution in [0.2, 0.25) is 0 Å². The highest BCUT2D eigenvalue weighted by molar-refractivity contribution is 7.89. The van der Waals surface area contributed by atoms with Crippen LogP contribution in [0.3, 0.4) is 0 Å². The number of aromatic nitrogens is 1. The number of rotatable bonds is 6. The molecule has 6 nitrogen and oxygen atoms in total. The molecule has 0 bridgehead atoms. The van der Waals surface area contributed by atoms with E-state index in [1.54, 1.807) is 48.8 Å². The maximum Gasteiger partial charge on any atom is 0.255 e. The molecular formula is C20H19N3O3S. The van der Waals surface area contributed by atoms with Crippen LogP contribution in [0.15, 0.2) is 78.0 Å². The Hall–Kier alpha value is -3.03. The third-order valence-corrected chi connectivity index (χ3v) is 5.30. The van der Waals surface area contributed by atoms with Crippen molar-refractivity contribution >= 4 is 21.6 Å². The molecule has 2 aromatic carbocycles. The van der Waals surface area contributed by atoms with Crippen LogP contribution >= 0.6 is 0 Å². The van der Waals surface area contributed by atoms with Gasteiger partial charge in [-0.1, -0.05) is 29.8 Å². The molecule has 0 atom stereocenters. The molecule has 0 radical (unpaired) electrons. The number of amides is 1. The summed E-state index contributed by atoms with van der Waals surface area (Å²) < 4.78 is 27.5. The highest BCUT2D eigenvalue weighted by Gasteiger charge is 2.16. The van der Waals surface area contributed by atoms with Crippen molar-refractivity contribution in [1.29, 1.82) is 0 Å². The summed E-state index contributed by atoms with van der Waals surface area (Å²) in [5.74, 6) is -0.372. The van der Waals surface area contributed by atoms with Gasteiger partial charge in [0, 0.05) is 30.2 Å². The molecule has 0 unspecified atom stereocenters. The summed E-state index contributed by atoms with van der Waals surface area (Å²) in [6.07, 6.45) is 3.21. The van der Waals surface area contributed by atoms with Crippen LogP contribution in [0.4, 0.5) is 5.69 Å². The fourth-order valence-electron chi connectivity index (χ4n) is 2.41. The Morgan fingerprint density at radius 3 is 2.52 bits per heavy atom. The lowest BCUT2D eigenvalue weighted by Crippen LogP contribution is -2.23. The van der Waals surface area contributed by atoms with E-state index in [2.05, 4.69) is 15.0 Å². The molecule has 0 aliphatic rings. The minimum absolute atomic E-state index is 0.0305. The molecule has 0 aliphatic carbocycles. The maximum atomic E-state index is 12.5. The minimum Gasteiger partial charge on any atom is -0.322 e. The first-order valence-electron chi connectivity index (χ1n) is 8.31. The normalized spacial score (nSPS) is 11.1. The molecule has 138 valence electrons. The molecule has 7 heteroatoms.